The minimum Gasteiger partial charge on any atom is -0.0622 e. The van der Waals surface area contributed by atoms with E-state index in [0.29, 0.717) is 5.92 Å². The van der Waals surface area contributed by atoms with E-state index in [1.807, 2.05) is 0 Å². The first kappa shape index (κ1) is 46.9. The molecule has 11 aromatic rings. The number of hydrogen-bond donors (Lipinski definition) is 0. The highest BCUT2D eigenvalue weighted by atomic mass is 14.4. The largest absolute Gasteiger partial charge is 0.0622 e. The summed E-state index contributed by atoms with van der Waals surface area (Å²) >= 11 is 0. The Morgan fingerprint density at radius 1 is 0.253 bits per heavy atom. The zero-order valence-electron chi connectivity index (χ0n) is 45.6. The third kappa shape index (κ3) is 7.39. The lowest BCUT2D eigenvalue weighted by Crippen LogP contribution is -2.16. The predicted molar refractivity (Wildman–Crippen MR) is 325 cm³/mol. The zero-order chi connectivity index (χ0) is 51.9. The second-order valence-corrected chi connectivity index (χ2v) is 25.0. The summed E-state index contributed by atoms with van der Waals surface area (Å²) in [6, 6.07) is 74.8. The van der Waals surface area contributed by atoms with Gasteiger partial charge in [0.25, 0.3) is 0 Å². The predicted octanol–water partition coefficient (Wildman–Crippen LogP) is 21.8. The third-order valence-corrected chi connectivity index (χ3v) is 16.7. The van der Waals surface area contributed by atoms with Crippen LogP contribution in [0, 0.1) is 0 Å². The molecule has 0 aliphatic heterocycles. The fraction of sp³-hybridized carbons (Fsp3) is 0.200. The maximum atomic E-state index is 2.52. The molecular weight excluding hydrogens is 901 g/mol. The molecule has 0 spiro atoms. The third-order valence-electron chi connectivity index (χ3n) is 16.7. The van der Waals surface area contributed by atoms with Gasteiger partial charge in [-0.1, -0.05) is 264 Å². The van der Waals surface area contributed by atoms with Crippen molar-refractivity contribution in [2.45, 2.75) is 98.3 Å². The van der Waals surface area contributed by atoms with Gasteiger partial charge < -0.3 is 0 Å². The molecule has 11 aromatic carbocycles. The van der Waals surface area contributed by atoms with Crippen molar-refractivity contribution in [3.63, 3.8) is 0 Å². The van der Waals surface area contributed by atoms with Crippen molar-refractivity contribution in [3.8, 4) is 100 Å². The molecule has 0 fully saturated rings. The van der Waals surface area contributed by atoms with E-state index in [4.69, 9.17) is 0 Å². The molecule has 0 aromatic heterocycles. The number of fused-ring (bicyclic) bond motifs is 8. The molecule has 2 aliphatic rings. The van der Waals surface area contributed by atoms with E-state index in [1.54, 1.807) is 0 Å². The molecule has 366 valence electrons. The van der Waals surface area contributed by atoms with E-state index in [2.05, 4.69) is 270 Å². The Balaban J connectivity index is 1.21. The Bertz CT molecular complexity index is 4110. The van der Waals surface area contributed by atoms with Crippen LogP contribution >= 0.6 is 0 Å². The van der Waals surface area contributed by atoms with Gasteiger partial charge in [-0.2, -0.15) is 0 Å². The standard InChI is InChI=1S/C75H66/c1-44(2)49-37-50(39-52(38-49)73(3,4)5)65-55-29-21-22-30-56(55)66(51-40-53(74(6,7)8)43-54(41-51)75(9,10)11)72-61-36-34-59-67-58(33-35-60(68(61)67)71(65)72)69-63(46-25-17-13-18-26-46)57-32-31-48(45-23-15-12-16-24-45)42-62(57)64(70(59)69)47-27-19-14-20-28-47/h12-44H,1-11H3. The highest BCUT2D eigenvalue weighted by molar-refractivity contribution is 6.35. The van der Waals surface area contributed by atoms with Gasteiger partial charge in [0.1, 0.15) is 0 Å². The lowest BCUT2D eigenvalue weighted by atomic mass is 9.76. The van der Waals surface area contributed by atoms with Gasteiger partial charge in [-0.05, 0) is 183 Å². The minimum absolute atomic E-state index is 0.0368. The Kier molecular flexibility index (Phi) is 10.6. The van der Waals surface area contributed by atoms with Crippen molar-refractivity contribution in [2.75, 3.05) is 0 Å². The van der Waals surface area contributed by atoms with Gasteiger partial charge in [0, 0.05) is 0 Å². The molecule has 75 heavy (non-hydrogen) atoms. The molecule has 0 saturated carbocycles. The van der Waals surface area contributed by atoms with Crippen LogP contribution in [0.5, 0.6) is 0 Å². The first-order chi connectivity index (χ1) is 36.0. The summed E-state index contributed by atoms with van der Waals surface area (Å²) in [5.74, 6) is 0.371. The van der Waals surface area contributed by atoms with Crippen LogP contribution in [0.3, 0.4) is 0 Å². The fourth-order valence-corrected chi connectivity index (χ4v) is 12.8. The van der Waals surface area contributed by atoms with E-state index in [1.165, 1.54) is 155 Å². The first-order valence-electron chi connectivity index (χ1n) is 27.3. The Morgan fingerprint density at radius 2 is 0.600 bits per heavy atom. The number of rotatable bonds is 6. The SMILES string of the molecule is CC(C)c1cc(-c2c3c(c(-c4cc(C(C)(C)C)cc(C(C)(C)C)c4)c4ccccc24)-c2ccc4c5c(ccc-3c25)-c2c-4c(-c3ccccc3)c3cc(-c4ccccc4)ccc3c2-c2ccccc2)cc(C(C)(C)C)c1. The summed E-state index contributed by atoms with van der Waals surface area (Å²) in [7, 11) is 0. The van der Waals surface area contributed by atoms with E-state index in [0.717, 1.165) is 0 Å². The van der Waals surface area contributed by atoms with E-state index in [-0.39, 0.29) is 16.2 Å². The van der Waals surface area contributed by atoms with E-state index < -0.39 is 0 Å². The van der Waals surface area contributed by atoms with Crippen LogP contribution in [0.4, 0.5) is 0 Å². The summed E-state index contributed by atoms with van der Waals surface area (Å²) in [5.41, 5.74) is 28.7. The number of benzene rings is 11. The summed E-state index contributed by atoms with van der Waals surface area (Å²) < 4.78 is 0. The van der Waals surface area contributed by atoms with Crippen LogP contribution in [0.2, 0.25) is 0 Å². The molecule has 0 N–H and O–H groups in total. The van der Waals surface area contributed by atoms with Crippen molar-refractivity contribution >= 4 is 32.3 Å². The fourth-order valence-electron chi connectivity index (χ4n) is 12.8. The average Bonchev–Trinajstić information content (AvgIpc) is 4.09. The van der Waals surface area contributed by atoms with Gasteiger partial charge in [0.05, 0.1) is 0 Å². The van der Waals surface area contributed by atoms with Gasteiger partial charge in [-0.15, -0.1) is 0 Å². The zero-order valence-corrected chi connectivity index (χ0v) is 45.6. The molecule has 0 amide bonds. The van der Waals surface area contributed by atoms with Gasteiger partial charge in [-0.25, -0.2) is 0 Å². The van der Waals surface area contributed by atoms with E-state index in [9.17, 15) is 0 Å². The molecule has 0 unspecified atom stereocenters. The molecule has 2 aliphatic carbocycles. The quantitative estimate of drug-likeness (QED) is 0.156. The summed E-state index contributed by atoms with van der Waals surface area (Å²) in [6.07, 6.45) is 0. The van der Waals surface area contributed by atoms with Crippen LogP contribution in [-0.4, -0.2) is 0 Å². The van der Waals surface area contributed by atoms with Gasteiger partial charge in [0.15, 0.2) is 0 Å². The molecule has 0 nitrogen and oxygen atoms in total. The van der Waals surface area contributed by atoms with Crippen LogP contribution in [-0.2, 0) is 16.2 Å². The van der Waals surface area contributed by atoms with Crippen molar-refractivity contribution in [1.29, 1.82) is 0 Å². The van der Waals surface area contributed by atoms with Gasteiger partial charge in [-0.3, -0.25) is 0 Å². The normalized spacial score (nSPS) is 12.9. The van der Waals surface area contributed by atoms with Crippen LogP contribution in [0.15, 0.2) is 194 Å². The average molecular weight is 967 g/mol. The molecule has 0 heterocycles. The van der Waals surface area contributed by atoms with E-state index >= 15 is 0 Å². The molecule has 0 saturated heterocycles. The second kappa shape index (κ2) is 16.9. The van der Waals surface area contributed by atoms with Gasteiger partial charge >= 0.3 is 0 Å². The minimum atomic E-state index is -0.0504. The summed E-state index contributed by atoms with van der Waals surface area (Å²) in [6.45, 7) is 26.0. The van der Waals surface area contributed by atoms with Crippen molar-refractivity contribution < 1.29 is 0 Å². The lowest BCUT2D eigenvalue weighted by molar-refractivity contribution is 0.569. The van der Waals surface area contributed by atoms with Crippen LogP contribution < -0.4 is 0 Å². The maximum Gasteiger partial charge on any atom is -0.000740 e. The Labute approximate surface area is 444 Å². The van der Waals surface area contributed by atoms with Crippen LogP contribution in [0.1, 0.15) is 104 Å². The molecule has 13 rings (SSSR count). The van der Waals surface area contributed by atoms with Crippen molar-refractivity contribution in [3.05, 3.63) is 216 Å². The highest BCUT2D eigenvalue weighted by Gasteiger charge is 2.38. The molecule has 0 bridgehead atoms. The topological polar surface area (TPSA) is 0 Å². The Hall–Kier alpha value is -7.80. The highest BCUT2D eigenvalue weighted by Crippen LogP contribution is 2.65. The second-order valence-electron chi connectivity index (χ2n) is 25.0. The van der Waals surface area contributed by atoms with Gasteiger partial charge in [0.2, 0.25) is 0 Å². The number of hydrogen-bond acceptors (Lipinski definition) is 0. The molecule has 0 radical (unpaired) electrons. The monoisotopic (exact) mass is 967 g/mol. The smallest absolute Gasteiger partial charge is 0.000740 e. The van der Waals surface area contributed by atoms with Crippen LogP contribution in [0.25, 0.3) is 132 Å². The molecular formula is C75H66. The summed E-state index contributed by atoms with van der Waals surface area (Å²) in [4.78, 5) is 0. The van der Waals surface area contributed by atoms with Crippen molar-refractivity contribution in [1.82, 2.24) is 0 Å². The first-order valence-corrected chi connectivity index (χ1v) is 27.3. The molecule has 0 atom stereocenters. The van der Waals surface area contributed by atoms with Crippen molar-refractivity contribution in [2.24, 2.45) is 0 Å². The Morgan fingerprint density at radius 3 is 1.01 bits per heavy atom. The lowest BCUT2D eigenvalue weighted by Gasteiger charge is -2.28. The maximum absolute atomic E-state index is 2.52. The molecule has 0 heteroatoms. The summed E-state index contributed by atoms with van der Waals surface area (Å²) in [5, 5.41) is 7.85.